The molecule has 0 aliphatic heterocycles. The summed E-state index contributed by atoms with van der Waals surface area (Å²) >= 11 is 11.9. The number of benzene rings is 2. The van der Waals surface area contributed by atoms with Crippen molar-refractivity contribution >= 4 is 34.8 Å². The maximum Gasteiger partial charge on any atom is 0.257 e. The van der Waals surface area contributed by atoms with E-state index in [4.69, 9.17) is 28.5 Å². The summed E-state index contributed by atoms with van der Waals surface area (Å²) < 4.78 is 0. The van der Waals surface area contributed by atoms with E-state index in [0.717, 1.165) is 0 Å². The van der Waals surface area contributed by atoms with Gasteiger partial charge in [0.15, 0.2) is 0 Å². The Kier molecular flexibility index (Phi) is 4.06. The van der Waals surface area contributed by atoms with Gasteiger partial charge < -0.3 is 5.32 Å². The van der Waals surface area contributed by atoms with Crippen LogP contribution < -0.4 is 5.32 Å². The first-order chi connectivity index (χ1) is 9.11. The van der Waals surface area contributed by atoms with Crippen LogP contribution in [0.4, 0.5) is 5.69 Å². The second-order valence-electron chi connectivity index (χ2n) is 3.74. The summed E-state index contributed by atoms with van der Waals surface area (Å²) in [6, 6.07) is 13.3. The van der Waals surface area contributed by atoms with E-state index < -0.39 is 0 Å². The number of hydrogen-bond donors (Lipinski definition) is 1. The molecule has 0 unspecified atom stereocenters. The third-order valence-electron chi connectivity index (χ3n) is 2.46. The number of rotatable bonds is 2. The molecule has 0 fully saturated rings. The fourth-order valence-electron chi connectivity index (χ4n) is 1.53. The molecule has 0 saturated heterocycles. The summed E-state index contributed by atoms with van der Waals surface area (Å²) in [4.78, 5) is 12.0. The average molecular weight is 291 g/mol. The molecule has 2 aromatic carbocycles. The summed E-state index contributed by atoms with van der Waals surface area (Å²) in [6.07, 6.45) is 0. The summed E-state index contributed by atoms with van der Waals surface area (Å²) in [5, 5.41) is 12.2. The van der Waals surface area contributed by atoms with Crippen molar-refractivity contribution < 1.29 is 4.79 Å². The van der Waals surface area contributed by atoms with E-state index in [2.05, 4.69) is 5.32 Å². The highest BCUT2D eigenvalue weighted by atomic mass is 35.5. The van der Waals surface area contributed by atoms with Gasteiger partial charge in [0.05, 0.1) is 32.9 Å². The number of nitrogens with one attached hydrogen (secondary N) is 1. The van der Waals surface area contributed by atoms with Crippen molar-refractivity contribution in [1.29, 1.82) is 5.26 Å². The molecule has 1 N–H and O–H groups in total. The number of carbonyl (C=O) groups excluding carboxylic acids is 1. The van der Waals surface area contributed by atoms with Crippen molar-refractivity contribution in [3.05, 3.63) is 63.6 Å². The predicted molar refractivity (Wildman–Crippen MR) is 75.6 cm³/mol. The molecular formula is C14H8Cl2N2O. The van der Waals surface area contributed by atoms with E-state index in [1.807, 2.05) is 6.07 Å². The predicted octanol–water partition coefficient (Wildman–Crippen LogP) is 4.12. The number of carbonyl (C=O) groups is 1. The molecule has 5 heteroatoms. The van der Waals surface area contributed by atoms with Gasteiger partial charge in [-0.25, -0.2) is 0 Å². The van der Waals surface area contributed by atoms with Crippen LogP contribution in [0.25, 0.3) is 0 Å². The second-order valence-corrected chi connectivity index (χ2v) is 4.55. The van der Waals surface area contributed by atoms with Gasteiger partial charge in [-0.05, 0) is 30.3 Å². The van der Waals surface area contributed by atoms with Gasteiger partial charge in [0, 0.05) is 0 Å². The van der Waals surface area contributed by atoms with Crippen LogP contribution >= 0.6 is 23.2 Å². The van der Waals surface area contributed by atoms with Crippen LogP contribution in [-0.4, -0.2) is 5.91 Å². The normalized spacial score (nSPS) is 9.74. The van der Waals surface area contributed by atoms with Crippen LogP contribution in [0.1, 0.15) is 15.9 Å². The Balaban J connectivity index is 2.30. The van der Waals surface area contributed by atoms with E-state index >= 15 is 0 Å². The molecule has 0 saturated carbocycles. The van der Waals surface area contributed by atoms with Gasteiger partial charge in [0.1, 0.15) is 0 Å². The standard InChI is InChI=1S/C14H8Cl2N2O/c15-11-4-2-1-3-10(11)14(19)18-13-7-9(8-17)5-6-12(13)16/h1-7H,(H,18,19). The summed E-state index contributed by atoms with van der Waals surface area (Å²) in [5.74, 6) is -0.373. The third-order valence-corrected chi connectivity index (χ3v) is 3.12. The molecule has 0 atom stereocenters. The zero-order valence-electron chi connectivity index (χ0n) is 9.65. The monoisotopic (exact) mass is 290 g/mol. The number of anilines is 1. The van der Waals surface area contributed by atoms with Crippen molar-refractivity contribution in [3.8, 4) is 6.07 Å². The lowest BCUT2D eigenvalue weighted by Gasteiger charge is -2.08. The highest BCUT2D eigenvalue weighted by Gasteiger charge is 2.11. The topological polar surface area (TPSA) is 52.9 Å². The highest BCUT2D eigenvalue weighted by molar-refractivity contribution is 6.36. The maximum atomic E-state index is 12.0. The van der Waals surface area contributed by atoms with Gasteiger partial charge in [-0.1, -0.05) is 35.3 Å². The van der Waals surface area contributed by atoms with Crippen LogP contribution in [0.3, 0.4) is 0 Å². The quantitative estimate of drug-likeness (QED) is 0.905. The summed E-state index contributed by atoms with van der Waals surface area (Å²) in [7, 11) is 0. The molecule has 0 radical (unpaired) electrons. The van der Waals surface area contributed by atoms with Crippen LogP contribution in [0, 0.1) is 11.3 Å². The van der Waals surface area contributed by atoms with Crippen molar-refractivity contribution in [2.24, 2.45) is 0 Å². The van der Waals surface area contributed by atoms with Crippen molar-refractivity contribution in [2.75, 3.05) is 5.32 Å². The van der Waals surface area contributed by atoms with Gasteiger partial charge in [0.2, 0.25) is 0 Å². The molecule has 0 aliphatic carbocycles. The van der Waals surface area contributed by atoms with E-state index in [1.165, 1.54) is 6.07 Å². The smallest absolute Gasteiger partial charge is 0.257 e. The molecule has 2 aromatic rings. The Morgan fingerprint density at radius 3 is 2.53 bits per heavy atom. The molecular weight excluding hydrogens is 283 g/mol. The number of hydrogen-bond acceptors (Lipinski definition) is 2. The second kappa shape index (κ2) is 5.75. The van der Waals surface area contributed by atoms with E-state index in [1.54, 1.807) is 36.4 Å². The van der Waals surface area contributed by atoms with Crippen LogP contribution in [0.15, 0.2) is 42.5 Å². The first-order valence-corrected chi connectivity index (χ1v) is 6.13. The zero-order valence-corrected chi connectivity index (χ0v) is 11.2. The van der Waals surface area contributed by atoms with Gasteiger partial charge in [-0.15, -0.1) is 0 Å². The van der Waals surface area contributed by atoms with E-state index in [9.17, 15) is 4.79 Å². The fourth-order valence-corrected chi connectivity index (χ4v) is 1.91. The summed E-state index contributed by atoms with van der Waals surface area (Å²) in [5.41, 5.74) is 1.15. The molecule has 2 rings (SSSR count). The Bertz CT molecular complexity index is 677. The van der Waals surface area contributed by atoms with Crippen molar-refractivity contribution in [1.82, 2.24) is 0 Å². The lowest BCUT2D eigenvalue weighted by Crippen LogP contribution is -2.12. The maximum absolute atomic E-state index is 12.0. The van der Waals surface area contributed by atoms with Gasteiger partial charge in [-0.3, -0.25) is 4.79 Å². The molecule has 3 nitrogen and oxygen atoms in total. The average Bonchev–Trinajstić information content (AvgIpc) is 2.41. The minimum atomic E-state index is -0.373. The van der Waals surface area contributed by atoms with E-state index in [0.29, 0.717) is 26.9 Å². The number of halogens is 2. The SMILES string of the molecule is N#Cc1ccc(Cl)c(NC(=O)c2ccccc2Cl)c1. The number of nitrogens with zero attached hydrogens (tertiary/aromatic N) is 1. The van der Waals surface area contributed by atoms with Crippen molar-refractivity contribution in [2.45, 2.75) is 0 Å². The highest BCUT2D eigenvalue weighted by Crippen LogP contribution is 2.24. The van der Waals surface area contributed by atoms with Gasteiger partial charge in [0.25, 0.3) is 5.91 Å². The summed E-state index contributed by atoms with van der Waals surface area (Å²) in [6.45, 7) is 0. The first-order valence-electron chi connectivity index (χ1n) is 5.37. The molecule has 0 heterocycles. The molecule has 0 aliphatic rings. The van der Waals surface area contributed by atoms with Crippen molar-refractivity contribution in [3.63, 3.8) is 0 Å². The molecule has 0 aromatic heterocycles. The Morgan fingerprint density at radius 2 is 1.84 bits per heavy atom. The largest absolute Gasteiger partial charge is 0.321 e. The molecule has 19 heavy (non-hydrogen) atoms. The zero-order chi connectivity index (χ0) is 13.8. The molecule has 94 valence electrons. The Labute approximate surface area is 120 Å². The van der Waals surface area contributed by atoms with E-state index in [-0.39, 0.29) is 5.91 Å². The van der Waals surface area contributed by atoms with Crippen LogP contribution in [0.2, 0.25) is 10.0 Å². The Hall–Kier alpha value is -2.02. The number of amides is 1. The minimum absolute atomic E-state index is 0.350. The lowest BCUT2D eigenvalue weighted by molar-refractivity contribution is 0.102. The first kappa shape index (κ1) is 13.4. The van der Waals surface area contributed by atoms with Gasteiger partial charge in [-0.2, -0.15) is 5.26 Å². The molecule has 0 spiro atoms. The molecule has 1 amide bonds. The van der Waals surface area contributed by atoms with Crippen LogP contribution in [0.5, 0.6) is 0 Å². The lowest BCUT2D eigenvalue weighted by atomic mass is 10.2. The minimum Gasteiger partial charge on any atom is -0.321 e. The van der Waals surface area contributed by atoms with Gasteiger partial charge >= 0.3 is 0 Å². The Morgan fingerprint density at radius 1 is 1.11 bits per heavy atom. The fraction of sp³-hybridized carbons (Fsp3) is 0. The number of nitriles is 1. The molecule has 0 bridgehead atoms. The third kappa shape index (κ3) is 3.05. The van der Waals surface area contributed by atoms with Crippen LogP contribution in [-0.2, 0) is 0 Å².